The smallest absolute Gasteiger partial charge is 0.303 e. The molecule has 5 nitrogen and oxygen atoms in total. The fourth-order valence-corrected chi connectivity index (χ4v) is 4.53. The molecule has 2 aromatic rings. The number of rotatable bonds is 10. The van der Waals surface area contributed by atoms with Crippen LogP contribution in [0.3, 0.4) is 0 Å². The molecule has 32 heavy (non-hydrogen) atoms. The maximum atomic E-state index is 13.4. The minimum Gasteiger partial charge on any atom is -0.481 e. The number of hydrogen-bond donors (Lipinski definition) is 3. The molecule has 0 spiro atoms. The van der Waals surface area contributed by atoms with E-state index in [1.165, 1.54) is 17.7 Å². The van der Waals surface area contributed by atoms with Crippen LogP contribution in [0.5, 0.6) is 0 Å². The molecule has 0 bridgehead atoms. The van der Waals surface area contributed by atoms with Crippen molar-refractivity contribution >= 4 is 16.9 Å². The van der Waals surface area contributed by atoms with Crippen LogP contribution >= 0.6 is 0 Å². The lowest BCUT2D eigenvalue weighted by Crippen LogP contribution is -2.39. The van der Waals surface area contributed by atoms with Gasteiger partial charge >= 0.3 is 5.97 Å². The normalized spacial score (nSPS) is 18.2. The molecule has 1 aromatic carbocycles. The van der Waals surface area contributed by atoms with E-state index >= 15 is 0 Å². The lowest BCUT2D eigenvalue weighted by atomic mass is 9.90. The average molecular weight is 436 g/mol. The van der Waals surface area contributed by atoms with E-state index < -0.39 is 5.97 Å². The summed E-state index contributed by atoms with van der Waals surface area (Å²) in [7, 11) is 0. The second kappa shape index (κ2) is 10.5. The van der Waals surface area contributed by atoms with Crippen LogP contribution in [0.1, 0.15) is 69.3 Å². The molecule has 2 aliphatic heterocycles. The van der Waals surface area contributed by atoms with Crippen molar-refractivity contribution in [2.45, 2.75) is 69.7 Å². The summed E-state index contributed by atoms with van der Waals surface area (Å²) in [5.74, 6) is 6.57. The summed E-state index contributed by atoms with van der Waals surface area (Å²) in [6, 6.07) is 6.67. The number of nitrogens with zero attached hydrogens (tertiary/aromatic N) is 1. The topological polar surface area (TPSA) is 74.2 Å². The van der Waals surface area contributed by atoms with Crippen molar-refractivity contribution in [3.05, 3.63) is 53.2 Å². The molecular weight excluding hydrogens is 405 g/mol. The fraction of sp³-hybridized carbons (Fsp3) is 0.462. The minimum atomic E-state index is -0.804. The third-order valence-electron chi connectivity index (χ3n) is 6.28. The van der Waals surface area contributed by atoms with Crippen molar-refractivity contribution in [3.8, 4) is 11.8 Å². The molecular formula is C26H30FN3O2. The highest BCUT2D eigenvalue weighted by atomic mass is 19.1. The summed E-state index contributed by atoms with van der Waals surface area (Å²) in [6.07, 6.45) is 10.1. The highest BCUT2D eigenvalue weighted by Crippen LogP contribution is 2.28. The van der Waals surface area contributed by atoms with Gasteiger partial charge in [-0.05, 0) is 55.4 Å². The summed E-state index contributed by atoms with van der Waals surface area (Å²) >= 11 is 0. The van der Waals surface area contributed by atoms with Crippen LogP contribution in [0.25, 0.3) is 10.9 Å². The van der Waals surface area contributed by atoms with Crippen molar-refractivity contribution in [3.63, 3.8) is 0 Å². The SMILES string of the molecule is O=C(O)CC(CCCCCCC1C#CC2=C(NCCC2)N1)c1cnc2cc(F)ccc2c1. The summed E-state index contributed by atoms with van der Waals surface area (Å²) in [6.45, 7) is 1.02. The van der Waals surface area contributed by atoms with Gasteiger partial charge < -0.3 is 15.7 Å². The third kappa shape index (κ3) is 5.79. The molecule has 0 amide bonds. The molecule has 0 fully saturated rings. The number of unbranched alkanes of at least 4 members (excludes halogenated alkanes) is 3. The quantitative estimate of drug-likeness (QED) is 0.368. The number of carbonyl (C=O) groups is 1. The molecule has 0 saturated carbocycles. The minimum absolute atomic E-state index is 0.0805. The maximum Gasteiger partial charge on any atom is 0.303 e. The van der Waals surface area contributed by atoms with Crippen LogP contribution < -0.4 is 10.6 Å². The second-order valence-electron chi connectivity index (χ2n) is 8.74. The first-order valence-corrected chi connectivity index (χ1v) is 11.6. The standard InChI is InChI=1S/C26H30FN3O2/c27-22-11-9-20-14-21(17-29-24(20)16-22)19(15-25(31)32)6-3-1-2-4-8-23-12-10-18-7-5-13-28-26(18)30-23/h9,11,14,16-17,19,23,28,30H,1-8,13,15H2,(H,31,32). The van der Waals surface area contributed by atoms with Gasteiger partial charge in [-0.3, -0.25) is 9.78 Å². The number of aliphatic carboxylic acids is 1. The van der Waals surface area contributed by atoms with E-state index in [9.17, 15) is 14.3 Å². The van der Waals surface area contributed by atoms with Crippen molar-refractivity contribution in [1.29, 1.82) is 0 Å². The predicted molar refractivity (Wildman–Crippen MR) is 123 cm³/mol. The number of aromatic nitrogens is 1. The number of fused-ring (bicyclic) bond motifs is 1. The number of carboxylic acid groups (broad SMARTS) is 1. The van der Waals surface area contributed by atoms with Gasteiger partial charge in [0.15, 0.2) is 0 Å². The van der Waals surface area contributed by atoms with Gasteiger partial charge in [-0.25, -0.2) is 4.39 Å². The highest BCUT2D eigenvalue weighted by Gasteiger charge is 2.18. The number of pyridine rings is 1. The van der Waals surface area contributed by atoms with Gasteiger partial charge in [0.1, 0.15) is 11.6 Å². The lowest BCUT2D eigenvalue weighted by molar-refractivity contribution is -0.137. The predicted octanol–water partition coefficient (Wildman–Crippen LogP) is 4.84. The number of allylic oxidation sites excluding steroid dienone is 1. The van der Waals surface area contributed by atoms with E-state index in [0.717, 1.165) is 74.7 Å². The zero-order valence-corrected chi connectivity index (χ0v) is 18.3. The molecule has 0 radical (unpaired) electrons. The zero-order valence-electron chi connectivity index (χ0n) is 18.3. The van der Waals surface area contributed by atoms with Crippen molar-refractivity contribution in [1.82, 2.24) is 15.6 Å². The molecule has 4 rings (SSSR count). The number of halogens is 1. The Morgan fingerprint density at radius 2 is 2.12 bits per heavy atom. The van der Waals surface area contributed by atoms with Crippen LogP contribution in [0.4, 0.5) is 4.39 Å². The molecule has 2 aliphatic rings. The summed E-state index contributed by atoms with van der Waals surface area (Å²) in [4.78, 5) is 15.7. The zero-order chi connectivity index (χ0) is 22.3. The Balaban J connectivity index is 1.24. The first-order chi connectivity index (χ1) is 15.6. The largest absolute Gasteiger partial charge is 0.481 e. The Morgan fingerprint density at radius 3 is 3.00 bits per heavy atom. The number of nitrogens with one attached hydrogen (secondary N) is 2. The molecule has 2 unspecified atom stereocenters. The van der Waals surface area contributed by atoms with Crippen molar-refractivity contribution in [2.75, 3.05) is 6.54 Å². The summed E-state index contributed by atoms with van der Waals surface area (Å²) < 4.78 is 13.4. The fourth-order valence-electron chi connectivity index (χ4n) is 4.53. The van der Waals surface area contributed by atoms with Gasteiger partial charge in [-0.1, -0.05) is 37.5 Å². The Morgan fingerprint density at radius 1 is 1.25 bits per heavy atom. The van der Waals surface area contributed by atoms with Gasteiger partial charge in [0.05, 0.1) is 18.0 Å². The van der Waals surface area contributed by atoms with Gasteiger partial charge in [0.25, 0.3) is 0 Å². The highest BCUT2D eigenvalue weighted by molar-refractivity contribution is 5.79. The molecule has 168 valence electrons. The first-order valence-electron chi connectivity index (χ1n) is 11.6. The average Bonchev–Trinajstić information content (AvgIpc) is 2.79. The van der Waals surface area contributed by atoms with Crippen LogP contribution in [0.15, 0.2) is 41.9 Å². The Bertz CT molecular complexity index is 1070. The molecule has 2 atom stereocenters. The van der Waals surface area contributed by atoms with E-state index in [1.54, 1.807) is 12.3 Å². The van der Waals surface area contributed by atoms with Gasteiger partial charge in [-0.15, -0.1) is 0 Å². The van der Waals surface area contributed by atoms with Crippen LogP contribution in [-0.2, 0) is 4.79 Å². The van der Waals surface area contributed by atoms with Crippen LogP contribution in [0.2, 0.25) is 0 Å². The molecule has 0 aliphatic carbocycles. The molecule has 0 saturated heterocycles. The van der Waals surface area contributed by atoms with Crippen molar-refractivity contribution < 1.29 is 14.3 Å². The van der Waals surface area contributed by atoms with E-state index in [4.69, 9.17) is 0 Å². The third-order valence-corrected chi connectivity index (χ3v) is 6.28. The Hall–Kier alpha value is -3.07. The first kappa shape index (κ1) is 22.1. The Kier molecular flexibility index (Phi) is 7.26. The number of hydrogen-bond acceptors (Lipinski definition) is 4. The van der Waals surface area contributed by atoms with E-state index in [0.29, 0.717) is 5.52 Å². The van der Waals surface area contributed by atoms with E-state index in [-0.39, 0.29) is 24.2 Å². The molecule has 3 N–H and O–H groups in total. The number of benzene rings is 1. The van der Waals surface area contributed by atoms with E-state index in [1.807, 2.05) is 6.07 Å². The second-order valence-corrected chi connectivity index (χ2v) is 8.74. The van der Waals surface area contributed by atoms with Gasteiger partial charge in [0.2, 0.25) is 0 Å². The Labute approximate surface area is 188 Å². The number of carboxylic acids is 1. The van der Waals surface area contributed by atoms with Gasteiger partial charge in [0, 0.05) is 29.8 Å². The molecule has 3 heterocycles. The maximum absolute atomic E-state index is 13.4. The van der Waals surface area contributed by atoms with Gasteiger partial charge in [-0.2, -0.15) is 0 Å². The van der Waals surface area contributed by atoms with E-state index in [2.05, 4.69) is 27.5 Å². The van der Waals surface area contributed by atoms with Crippen LogP contribution in [0, 0.1) is 17.7 Å². The summed E-state index contributed by atoms with van der Waals surface area (Å²) in [5, 5.41) is 17.1. The monoisotopic (exact) mass is 435 g/mol. The molecule has 6 heteroatoms. The molecule has 1 aromatic heterocycles. The lowest BCUT2D eigenvalue weighted by Gasteiger charge is -2.26. The van der Waals surface area contributed by atoms with Crippen molar-refractivity contribution in [2.24, 2.45) is 0 Å². The van der Waals surface area contributed by atoms with Crippen LogP contribution in [-0.4, -0.2) is 28.6 Å². The summed E-state index contributed by atoms with van der Waals surface area (Å²) in [5.41, 5.74) is 2.72.